The first-order chi connectivity index (χ1) is 21.9. The molecule has 6 heteroatoms. The number of nitrogens with zero attached hydrogens (tertiary/aromatic N) is 5. The van der Waals surface area contributed by atoms with E-state index in [0.29, 0.717) is 11.8 Å². The zero-order chi connectivity index (χ0) is 31.1. The van der Waals surface area contributed by atoms with Gasteiger partial charge < -0.3 is 14.2 Å². The maximum atomic E-state index is 5.24. The molecule has 0 aliphatic carbocycles. The first-order valence-electron chi connectivity index (χ1n) is 15.5. The van der Waals surface area contributed by atoms with Gasteiger partial charge in [0.1, 0.15) is 0 Å². The Hall–Kier alpha value is -4.51. The van der Waals surface area contributed by atoms with Crippen molar-refractivity contribution in [3.05, 3.63) is 140 Å². The minimum absolute atomic E-state index is 0. The summed E-state index contributed by atoms with van der Waals surface area (Å²) in [6.45, 7) is 11.0. The van der Waals surface area contributed by atoms with Crippen molar-refractivity contribution in [2.75, 3.05) is 11.9 Å². The van der Waals surface area contributed by atoms with Crippen LogP contribution in [0.2, 0.25) is 0 Å². The third-order valence-corrected chi connectivity index (χ3v) is 8.42. The number of aromatic nitrogens is 3. The largest absolute Gasteiger partial charge is 3.00 e. The van der Waals surface area contributed by atoms with Gasteiger partial charge in [-0.15, -0.1) is 35.3 Å². The summed E-state index contributed by atoms with van der Waals surface area (Å²) in [6, 6.07) is 35.9. The molecule has 0 spiro atoms. The van der Waals surface area contributed by atoms with E-state index in [2.05, 4.69) is 104 Å². The van der Waals surface area contributed by atoms with Gasteiger partial charge in [0.2, 0.25) is 0 Å². The molecule has 0 saturated heterocycles. The predicted molar refractivity (Wildman–Crippen MR) is 187 cm³/mol. The first-order valence-corrected chi connectivity index (χ1v) is 15.5. The molecule has 1 aliphatic heterocycles. The molecule has 7 aromatic rings. The van der Waals surface area contributed by atoms with Crippen LogP contribution in [0.25, 0.3) is 49.5 Å². The second-order valence-electron chi connectivity index (χ2n) is 12.2. The Bertz CT molecular complexity index is 2160. The van der Waals surface area contributed by atoms with Crippen LogP contribution in [0.5, 0.6) is 0 Å². The van der Waals surface area contributed by atoms with Gasteiger partial charge in [-0.1, -0.05) is 57.3 Å². The summed E-state index contributed by atoms with van der Waals surface area (Å²) in [5.41, 5.74) is 9.15. The Morgan fingerprint density at radius 1 is 0.783 bits per heavy atom. The van der Waals surface area contributed by atoms with Crippen molar-refractivity contribution >= 4 is 43.9 Å². The zero-order valence-electron chi connectivity index (χ0n) is 26.7. The number of rotatable bonds is 4. The minimum atomic E-state index is 0. The maximum absolute atomic E-state index is 5.24. The molecule has 0 amide bonds. The van der Waals surface area contributed by atoms with Crippen LogP contribution in [0, 0.1) is 18.8 Å². The van der Waals surface area contributed by atoms with Crippen LogP contribution < -0.4 is 4.90 Å². The van der Waals surface area contributed by atoms with E-state index in [1.165, 1.54) is 22.1 Å². The van der Waals surface area contributed by atoms with E-state index in [4.69, 9.17) is 4.98 Å². The second-order valence-corrected chi connectivity index (χ2v) is 12.2. The summed E-state index contributed by atoms with van der Waals surface area (Å²) in [7, 11) is 2.00. The Morgan fingerprint density at radius 3 is 2.26 bits per heavy atom. The van der Waals surface area contributed by atoms with E-state index in [0.717, 1.165) is 44.2 Å². The molecule has 1 aliphatic rings. The molecule has 230 valence electrons. The fourth-order valence-electron chi connectivity index (χ4n) is 6.21. The monoisotopic (exact) mass is 779 g/mol. The van der Waals surface area contributed by atoms with Crippen molar-refractivity contribution in [1.82, 2.24) is 19.3 Å². The van der Waals surface area contributed by atoms with Crippen LogP contribution in [0.15, 0.2) is 110 Å². The van der Waals surface area contributed by atoms with Crippen LogP contribution in [-0.2, 0) is 20.1 Å². The number of para-hydroxylation sites is 1. The van der Waals surface area contributed by atoms with Crippen molar-refractivity contribution in [1.29, 1.82) is 0 Å². The van der Waals surface area contributed by atoms with E-state index >= 15 is 0 Å². The van der Waals surface area contributed by atoms with Gasteiger partial charge in [0.05, 0.1) is 16.9 Å². The summed E-state index contributed by atoms with van der Waals surface area (Å²) in [5.74, 6) is 0.831. The van der Waals surface area contributed by atoms with Crippen LogP contribution in [0.4, 0.5) is 5.69 Å². The van der Waals surface area contributed by atoms with Crippen LogP contribution in [-0.4, -0.2) is 26.3 Å². The van der Waals surface area contributed by atoms with E-state index in [1.807, 2.05) is 78.5 Å². The number of imidazole rings is 1. The number of hydrogen-bond acceptors (Lipinski definition) is 4. The summed E-state index contributed by atoms with van der Waals surface area (Å²) < 4.78 is 2.25. The fraction of sp³-hybridized carbons (Fsp3) is 0.175. The number of fused-ring (bicyclic) bond motifs is 7. The van der Waals surface area contributed by atoms with Gasteiger partial charge in [0.15, 0.2) is 0 Å². The maximum Gasteiger partial charge on any atom is 3.00 e. The van der Waals surface area contributed by atoms with Gasteiger partial charge in [0.25, 0.3) is 0 Å². The summed E-state index contributed by atoms with van der Waals surface area (Å²) in [6.07, 6.45) is 8.08. The van der Waals surface area contributed by atoms with Crippen molar-refractivity contribution in [2.24, 2.45) is 0 Å². The Morgan fingerprint density at radius 2 is 1.57 bits per heavy atom. The van der Waals surface area contributed by atoms with Crippen molar-refractivity contribution in [3.8, 4) is 11.3 Å². The summed E-state index contributed by atoms with van der Waals surface area (Å²) in [5, 5.41) is 4.50. The molecule has 0 saturated carbocycles. The standard InChI is InChI=1S/C30H26N3.C10H10N2.Ir/c1-18(2)21-12-7-13-22(19(3)4)29(21)27-17-33-28-15-20-9-8-14-31-26(20)16-25(28)23-10-5-6-11-24(23)30(33)32-27;1-11-7-8-12(9-11)10-5-3-2-4-6-10;/h5-10,12-19H,1-4H3;2-5,7-9H,1H3;/q-1;-2;+3. The Balaban J connectivity index is 0.000000241. The smallest absolute Gasteiger partial charge is 0.510 e. The van der Waals surface area contributed by atoms with Gasteiger partial charge in [-0.3, -0.25) is 9.97 Å². The van der Waals surface area contributed by atoms with Gasteiger partial charge in [-0.05, 0) is 66.0 Å². The topological polar surface area (TPSA) is 36.7 Å². The molecule has 0 atom stereocenters. The van der Waals surface area contributed by atoms with Crippen molar-refractivity contribution in [3.63, 3.8) is 0 Å². The van der Waals surface area contributed by atoms with E-state index < -0.39 is 0 Å². The van der Waals surface area contributed by atoms with Crippen molar-refractivity contribution < 1.29 is 20.1 Å². The molecule has 0 radical (unpaired) electrons. The molecule has 0 bridgehead atoms. The Labute approximate surface area is 284 Å². The summed E-state index contributed by atoms with van der Waals surface area (Å²) >= 11 is 0. The number of anilines is 1. The molecule has 4 heterocycles. The molecule has 0 fully saturated rings. The van der Waals surface area contributed by atoms with Crippen LogP contribution in [0.1, 0.15) is 50.7 Å². The fourth-order valence-corrected chi connectivity index (χ4v) is 6.21. The average molecular weight is 779 g/mol. The van der Waals surface area contributed by atoms with Crippen molar-refractivity contribution in [2.45, 2.75) is 39.5 Å². The van der Waals surface area contributed by atoms with Crippen LogP contribution in [0.3, 0.4) is 0 Å². The molecular weight excluding hydrogens is 743 g/mol. The Kier molecular flexibility index (Phi) is 8.95. The van der Waals surface area contributed by atoms with E-state index in [-0.39, 0.29) is 20.1 Å². The van der Waals surface area contributed by atoms with Crippen LogP contribution >= 0.6 is 0 Å². The number of benzene rings is 4. The molecule has 3 aromatic heterocycles. The normalized spacial score (nSPS) is 12.8. The third kappa shape index (κ3) is 5.79. The molecular formula is C40H36IrN5. The van der Waals surface area contributed by atoms with Gasteiger partial charge in [-0.25, -0.2) is 0 Å². The van der Waals surface area contributed by atoms with E-state index in [9.17, 15) is 0 Å². The first kappa shape index (κ1) is 31.5. The minimum Gasteiger partial charge on any atom is -0.510 e. The van der Waals surface area contributed by atoms with E-state index in [1.54, 1.807) is 0 Å². The zero-order valence-corrected chi connectivity index (χ0v) is 29.1. The number of hydrogen-bond donors (Lipinski definition) is 0. The van der Waals surface area contributed by atoms with Gasteiger partial charge in [-0.2, -0.15) is 37.0 Å². The average Bonchev–Trinajstić information content (AvgIpc) is 3.71. The summed E-state index contributed by atoms with van der Waals surface area (Å²) in [4.78, 5) is 13.9. The molecule has 0 unspecified atom stereocenters. The number of pyridine rings is 2. The molecule has 8 rings (SSSR count). The molecule has 0 N–H and O–H groups in total. The predicted octanol–water partition coefficient (Wildman–Crippen LogP) is 9.73. The molecule has 4 aromatic carbocycles. The molecule has 46 heavy (non-hydrogen) atoms. The third-order valence-electron chi connectivity index (χ3n) is 8.42. The molecule has 5 nitrogen and oxygen atoms in total. The second kappa shape index (κ2) is 13.1. The van der Waals surface area contributed by atoms with Gasteiger partial charge in [0, 0.05) is 28.9 Å². The van der Waals surface area contributed by atoms with Gasteiger partial charge >= 0.3 is 20.1 Å². The quantitative estimate of drug-likeness (QED) is 0.101. The SMILES string of the molecule is CC(C)c1cccc(C(C)C)c1-c1cn2c3cc4cccnc4cc3c3ccc[c-]c3c2n1.CN1C=CN(c2[c-]cccc2)[CH-]1.[Ir+3].